The second kappa shape index (κ2) is 6.43. The van der Waals surface area contributed by atoms with Crippen LogP contribution in [0, 0.1) is 5.92 Å². The fraction of sp³-hybridized carbons (Fsp3) is 0.533. The molecule has 0 aromatic heterocycles. The van der Waals surface area contributed by atoms with Crippen LogP contribution in [0.2, 0.25) is 0 Å². The van der Waals surface area contributed by atoms with Gasteiger partial charge in [-0.3, -0.25) is 4.79 Å². The molecule has 0 saturated carbocycles. The quantitative estimate of drug-likeness (QED) is 0.693. The maximum atomic E-state index is 11.9. The van der Waals surface area contributed by atoms with Gasteiger partial charge < -0.3 is 4.74 Å². The first-order chi connectivity index (χ1) is 7.99. The summed E-state index contributed by atoms with van der Waals surface area (Å²) >= 11 is 0. The minimum absolute atomic E-state index is 0.135. The molecule has 0 amide bonds. The molecule has 0 N–H and O–H groups in total. The molecule has 0 aliphatic rings. The maximum Gasteiger partial charge on any atom is 0.163 e. The number of hydrogen-bond donors (Lipinski definition) is 0. The summed E-state index contributed by atoms with van der Waals surface area (Å²) in [4.78, 5) is 11.9. The van der Waals surface area contributed by atoms with Gasteiger partial charge in [0.1, 0.15) is 5.75 Å². The smallest absolute Gasteiger partial charge is 0.163 e. The SMILES string of the molecule is CC(C)CCC(=O)c1cccc(OC(C)C)c1. The van der Waals surface area contributed by atoms with Crippen molar-refractivity contribution in [2.24, 2.45) is 5.92 Å². The van der Waals surface area contributed by atoms with Crippen molar-refractivity contribution in [1.82, 2.24) is 0 Å². The van der Waals surface area contributed by atoms with Gasteiger partial charge in [0, 0.05) is 12.0 Å². The molecule has 0 unspecified atom stereocenters. The molecule has 0 bridgehead atoms. The first kappa shape index (κ1) is 13.8. The van der Waals surface area contributed by atoms with E-state index in [9.17, 15) is 4.79 Å². The van der Waals surface area contributed by atoms with Crippen molar-refractivity contribution in [3.05, 3.63) is 29.8 Å². The highest BCUT2D eigenvalue weighted by Crippen LogP contribution is 2.17. The number of ether oxygens (including phenoxy) is 1. The van der Waals surface area contributed by atoms with E-state index in [0.29, 0.717) is 12.3 Å². The van der Waals surface area contributed by atoms with Crippen LogP contribution in [0.1, 0.15) is 50.9 Å². The third kappa shape index (κ3) is 5.03. The average Bonchev–Trinajstić information content (AvgIpc) is 2.25. The summed E-state index contributed by atoms with van der Waals surface area (Å²) < 4.78 is 5.58. The number of hydrogen-bond acceptors (Lipinski definition) is 2. The molecule has 2 heteroatoms. The maximum absolute atomic E-state index is 11.9. The number of carbonyl (C=O) groups is 1. The van der Waals surface area contributed by atoms with Gasteiger partial charge in [-0.2, -0.15) is 0 Å². The van der Waals surface area contributed by atoms with Crippen LogP contribution in [0.25, 0.3) is 0 Å². The van der Waals surface area contributed by atoms with Gasteiger partial charge in [-0.15, -0.1) is 0 Å². The van der Waals surface area contributed by atoms with Gasteiger partial charge in [0.25, 0.3) is 0 Å². The van der Waals surface area contributed by atoms with Crippen LogP contribution < -0.4 is 4.74 Å². The largest absolute Gasteiger partial charge is 0.491 e. The number of rotatable bonds is 6. The van der Waals surface area contributed by atoms with Gasteiger partial charge in [-0.1, -0.05) is 26.0 Å². The summed E-state index contributed by atoms with van der Waals surface area (Å²) in [5.74, 6) is 1.54. The number of carbonyl (C=O) groups excluding carboxylic acids is 1. The van der Waals surface area contributed by atoms with Crippen LogP contribution in [0.3, 0.4) is 0 Å². The van der Waals surface area contributed by atoms with E-state index in [1.54, 1.807) is 0 Å². The highest BCUT2D eigenvalue weighted by molar-refractivity contribution is 5.96. The Hall–Kier alpha value is -1.31. The lowest BCUT2D eigenvalue weighted by atomic mass is 10.0. The third-order valence-corrected chi connectivity index (χ3v) is 2.48. The Balaban J connectivity index is 2.67. The Bertz CT molecular complexity index is 367. The Labute approximate surface area is 104 Å². The Kier molecular flexibility index (Phi) is 5.20. The molecule has 94 valence electrons. The zero-order valence-electron chi connectivity index (χ0n) is 11.2. The Morgan fingerprint density at radius 2 is 1.94 bits per heavy atom. The Morgan fingerprint density at radius 1 is 1.24 bits per heavy atom. The highest BCUT2D eigenvalue weighted by Gasteiger charge is 2.08. The molecule has 0 atom stereocenters. The van der Waals surface area contributed by atoms with Gasteiger partial charge in [-0.25, -0.2) is 0 Å². The minimum atomic E-state index is 0.135. The van der Waals surface area contributed by atoms with E-state index in [1.165, 1.54) is 0 Å². The molecule has 1 rings (SSSR count). The standard InChI is InChI=1S/C15H22O2/c1-11(2)8-9-15(16)13-6-5-7-14(10-13)17-12(3)4/h5-7,10-12H,8-9H2,1-4H3. The van der Waals surface area contributed by atoms with Crippen molar-refractivity contribution in [3.63, 3.8) is 0 Å². The molecule has 1 aromatic carbocycles. The molecule has 0 aliphatic heterocycles. The van der Waals surface area contributed by atoms with E-state index in [4.69, 9.17) is 4.74 Å². The van der Waals surface area contributed by atoms with E-state index < -0.39 is 0 Å². The van der Waals surface area contributed by atoms with Crippen molar-refractivity contribution in [2.75, 3.05) is 0 Å². The van der Waals surface area contributed by atoms with Crippen LogP contribution in [0.15, 0.2) is 24.3 Å². The lowest BCUT2D eigenvalue weighted by Gasteiger charge is -2.10. The van der Waals surface area contributed by atoms with E-state index in [-0.39, 0.29) is 11.9 Å². The monoisotopic (exact) mass is 234 g/mol. The Morgan fingerprint density at radius 3 is 2.53 bits per heavy atom. The van der Waals surface area contributed by atoms with E-state index in [0.717, 1.165) is 17.7 Å². The molecular weight excluding hydrogens is 212 g/mol. The fourth-order valence-corrected chi connectivity index (χ4v) is 1.58. The van der Waals surface area contributed by atoms with Gasteiger partial charge in [0.2, 0.25) is 0 Å². The van der Waals surface area contributed by atoms with Crippen LogP contribution >= 0.6 is 0 Å². The summed E-state index contributed by atoms with van der Waals surface area (Å²) in [7, 11) is 0. The molecule has 2 nitrogen and oxygen atoms in total. The molecule has 17 heavy (non-hydrogen) atoms. The molecule has 0 fully saturated rings. The summed E-state index contributed by atoms with van der Waals surface area (Å²) in [5, 5.41) is 0. The molecule has 0 aliphatic carbocycles. The minimum Gasteiger partial charge on any atom is -0.491 e. The molecule has 0 saturated heterocycles. The second-order valence-corrected chi connectivity index (χ2v) is 5.05. The lowest BCUT2D eigenvalue weighted by molar-refractivity contribution is 0.0974. The first-order valence-electron chi connectivity index (χ1n) is 6.29. The first-order valence-corrected chi connectivity index (χ1v) is 6.29. The molecule has 0 radical (unpaired) electrons. The van der Waals surface area contributed by atoms with Gasteiger partial charge >= 0.3 is 0 Å². The number of ketones is 1. The van der Waals surface area contributed by atoms with Gasteiger partial charge in [0.05, 0.1) is 6.10 Å². The number of Topliss-reactive ketones (excluding diaryl/α,β-unsaturated/α-hetero) is 1. The summed E-state index contributed by atoms with van der Waals surface area (Å²) in [6.45, 7) is 8.22. The molecular formula is C15H22O2. The average molecular weight is 234 g/mol. The normalized spacial score (nSPS) is 10.9. The summed E-state index contributed by atoms with van der Waals surface area (Å²) in [6.07, 6.45) is 1.69. The van der Waals surface area contributed by atoms with E-state index >= 15 is 0 Å². The summed E-state index contributed by atoms with van der Waals surface area (Å²) in [5.41, 5.74) is 0.754. The zero-order chi connectivity index (χ0) is 12.8. The van der Waals surface area contributed by atoms with Crippen LogP contribution in [-0.2, 0) is 0 Å². The third-order valence-electron chi connectivity index (χ3n) is 2.48. The van der Waals surface area contributed by atoms with Crippen molar-refractivity contribution < 1.29 is 9.53 Å². The summed E-state index contributed by atoms with van der Waals surface area (Å²) in [6, 6.07) is 7.46. The lowest BCUT2D eigenvalue weighted by Crippen LogP contribution is -2.07. The fourth-order valence-electron chi connectivity index (χ4n) is 1.58. The van der Waals surface area contributed by atoms with Crippen LogP contribution in [0.4, 0.5) is 0 Å². The molecule has 0 spiro atoms. The van der Waals surface area contributed by atoms with Crippen molar-refractivity contribution in [3.8, 4) is 5.75 Å². The van der Waals surface area contributed by atoms with Crippen molar-refractivity contribution >= 4 is 5.78 Å². The van der Waals surface area contributed by atoms with E-state index in [2.05, 4.69) is 13.8 Å². The predicted molar refractivity (Wildman–Crippen MR) is 70.6 cm³/mol. The molecule has 0 heterocycles. The van der Waals surface area contributed by atoms with Crippen LogP contribution in [-0.4, -0.2) is 11.9 Å². The number of benzene rings is 1. The topological polar surface area (TPSA) is 26.3 Å². The van der Waals surface area contributed by atoms with Crippen LogP contribution in [0.5, 0.6) is 5.75 Å². The van der Waals surface area contributed by atoms with Gasteiger partial charge in [-0.05, 0) is 38.3 Å². The van der Waals surface area contributed by atoms with Crippen molar-refractivity contribution in [1.29, 1.82) is 0 Å². The molecule has 1 aromatic rings. The second-order valence-electron chi connectivity index (χ2n) is 5.05. The highest BCUT2D eigenvalue weighted by atomic mass is 16.5. The van der Waals surface area contributed by atoms with E-state index in [1.807, 2.05) is 38.1 Å². The van der Waals surface area contributed by atoms with Gasteiger partial charge in [0.15, 0.2) is 5.78 Å². The van der Waals surface area contributed by atoms with Crippen molar-refractivity contribution in [2.45, 2.75) is 46.6 Å². The zero-order valence-corrected chi connectivity index (χ0v) is 11.2. The predicted octanol–water partition coefficient (Wildman–Crippen LogP) is 4.09.